The lowest BCUT2D eigenvalue weighted by Gasteiger charge is -2.12. The third-order valence-corrected chi connectivity index (χ3v) is 3.17. The Labute approximate surface area is 124 Å². The van der Waals surface area contributed by atoms with Crippen LogP contribution in [0.1, 0.15) is 30.3 Å². The van der Waals surface area contributed by atoms with E-state index in [0.717, 1.165) is 35.6 Å². The largest absolute Gasteiger partial charge is 0.481 e. The number of nitrogens with zero attached hydrogens (tertiary/aromatic N) is 3. The number of ether oxygens (including phenoxy) is 1. The Hall–Kier alpha value is -2.37. The first kappa shape index (κ1) is 15.0. The van der Waals surface area contributed by atoms with Crippen molar-refractivity contribution in [2.24, 2.45) is 0 Å². The topological polar surface area (TPSA) is 86.0 Å². The molecule has 0 aromatic carbocycles. The highest BCUT2D eigenvalue weighted by atomic mass is 16.5. The monoisotopic (exact) mass is 287 g/mol. The molecule has 0 atom stereocenters. The van der Waals surface area contributed by atoms with Crippen molar-refractivity contribution in [2.75, 3.05) is 18.2 Å². The number of pyridine rings is 1. The van der Waals surface area contributed by atoms with Crippen LogP contribution in [0, 0.1) is 6.92 Å². The highest BCUT2D eigenvalue weighted by molar-refractivity contribution is 5.54. The second-order valence-electron chi connectivity index (χ2n) is 4.81. The van der Waals surface area contributed by atoms with Crippen LogP contribution in [-0.2, 0) is 13.0 Å². The molecule has 0 saturated carbocycles. The predicted octanol–water partition coefficient (Wildman–Crippen LogP) is 2.34. The van der Waals surface area contributed by atoms with Gasteiger partial charge in [-0.1, -0.05) is 13.0 Å². The number of nitrogens with one attached hydrogen (secondary N) is 1. The van der Waals surface area contributed by atoms with E-state index in [1.165, 1.54) is 0 Å². The van der Waals surface area contributed by atoms with Gasteiger partial charge in [-0.05, 0) is 18.9 Å². The molecular weight excluding hydrogens is 266 g/mol. The molecule has 6 nitrogen and oxygen atoms in total. The second-order valence-corrected chi connectivity index (χ2v) is 4.81. The molecule has 21 heavy (non-hydrogen) atoms. The summed E-state index contributed by atoms with van der Waals surface area (Å²) in [7, 11) is 1.60. The smallest absolute Gasteiger partial charge is 0.212 e. The number of nitrogens with two attached hydrogens (primary N) is 1. The second kappa shape index (κ2) is 6.88. The Bertz CT molecular complexity index is 598. The van der Waals surface area contributed by atoms with Crippen LogP contribution in [-0.4, -0.2) is 22.1 Å². The quantitative estimate of drug-likeness (QED) is 0.848. The van der Waals surface area contributed by atoms with E-state index >= 15 is 0 Å². The maximum Gasteiger partial charge on any atom is 0.212 e. The van der Waals surface area contributed by atoms with E-state index in [9.17, 15) is 0 Å². The first-order valence-electron chi connectivity index (χ1n) is 6.99. The van der Waals surface area contributed by atoms with Crippen LogP contribution < -0.4 is 15.8 Å². The zero-order chi connectivity index (χ0) is 15.2. The molecule has 0 aliphatic carbocycles. The molecule has 2 rings (SSSR count). The van der Waals surface area contributed by atoms with Crippen LogP contribution in [0.5, 0.6) is 5.88 Å². The number of hydrogen-bond donors (Lipinski definition) is 2. The molecule has 6 heteroatoms. The molecule has 2 aromatic rings. The Morgan fingerprint density at radius 2 is 2.10 bits per heavy atom. The van der Waals surface area contributed by atoms with Gasteiger partial charge in [0.25, 0.3) is 0 Å². The highest BCUT2D eigenvalue weighted by Gasteiger charge is 2.08. The van der Waals surface area contributed by atoms with Gasteiger partial charge in [-0.25, -0.2) is 15.0 Å². The van der Waals surface area contributed by atoms with Crippen molar-refractivity contribution in [3.63, 3.8) is 0 Å². The fourth-order valence-electron chi connectivity index (χ4n) is 1.91. The van der Waals surface area contributed by atoms with Crippen LogP contribution >= 0.6 is 0 Å². The van der Waals surface area contributed by atoms with Gasteiger partial charge in [-0.3, -0.25) is 0 Å². The molecule has 3 N–H and O–H groups in total. The van der Waals surface area contributed by atoms with E-state index in [2.05, 4.69) is 27.2 Å². The number of hydrogen-bond acceptors (Lipinski definition) is 6. The molecule has 2 aromatic heterocycles. The van der Waals surface area contributed by atoms with Crippen molar-refractivity contribution in [3.05, 3.63) is 35.3 Å². The third kappa shape index (κ3) is 3.81. The Balaban J connectivity index is 2.11. The molecule has 2 heterocycles. The first-order valence-corrected chi connectivity index (χ1v) is 6.99. The summed E-state index contributed by atoms with van der Waals surface area (Å²) in [5.41, 5.74) is 7.86. The predicted molar refractivity (Wildman–Crippen MR) is 83.3 cm³/mol. The average Bonchev–Trinajstić information content (AvgIpc) is 2.50. The maximum atomic E-state index is 5.94. The molecule has 0 saturated heterocycles. The summed E-state index contributed by atoms with van der Waals surface area (Å²) >= 11 is 0. The fraction of sp³-hybridized carbons (Fsp3) is 0.400. The van der Waals surface area contributed by atoms with E-state index in [1.54, 1.807) is 13.3 Å². The van der Waals surface area contributed by atoms with Crippen molar-refractivity contribution in [1.29, 1.82) is 0 Å². The summed E-state index contributed by atoms with van der Waals surface area (Å²) in [6.45, 7) is 4.63. The van der Waals surface area contributed by atoms with Crippen molar-refractivity contribution >= 4 is 11.6 Å². The normalized spacial score (nSPS) is 10.4. The van der Waals surface area contributed by atoms with Gasteiger partial charge < -0.3 is 15.8 Å². The number of aromatic nitrogens is 3. The number of nitrogen functional groups attached to an aromatic ring is 1. The van der Waals surface area contributed by atoms with Gasteiger partial charge in [-0.2, -0.15) is 0 Å². The number of anilines is 2. The van der Waals surface area contributed by atoms with Gasteiger partial charge in [-0.15, -0.1) is 0 Å². The molecule has 0 bridgehead atoms. The van der Waals surface area contributed by atoms with Gasteiger partial charge in [0.1, 0.15) is 17.5 Å². The lowest BCUT2D eigenvalue weighted by molar-refractivity contribution is 0.397. The Kier molecular flexibility index (Phi) is 4.92. The molecule has 0 fully saturated rings. The Morgan fingerprint density at radius 3 is 2.71 bits per heavy atom. The summed E-state index contributed by atoms with van der Waals surface area (Å²) in [6, 6.07) is 3.80. The van der Waals surface area contributed by atoms with E-state index < -0.39 is 0 Å². The van der Waals surface area contributed by atoms with Crippen LogP contribution in [0.15, 0.2) is 18.3 Å². The van der Waals surface area contributed by atoms with E-state index in [-0.39, 0.29) is 0 Å². The third-order valence-electron chi connectivity index (χ3n) is 3.17. The molecule has 0 aliphatic rings. The SMILES string of the molecule is CCCc1nc(N)c(C)c(NCc2ccc(OC)nc2)n1. The minimum atomic E-state index is 0.531. The van der Waals surface area contributed by atoms with Gasteiger partial charge in [0.2, 0.25) is 5.88 Å². The number of methoxy groups -OCH3 is 1. The van der Waals surface area contributed by atoms with Crippen molar-refractivity contribution < 1.29 is 4.74 Å². The highest BCUT2D eigenvalue weighted by Crippen LogP contribution is 2.19. The Morgan fingerprint density at radius 1 is 1.29 bits per heavy atom. The minimum absolute atomic E-state index is 0.531. The summed E-state index contributed by atoms with van der Waals surface area (Å²) in [6.07, 6.45) is 3.59. The lowest BCUT2D eigenvalue weighted by atomic mass is 10.2. The summed E-state index contributed by atoms with van der Waals surface area (Å²) < 4.78 is 5.04. The standard InChI is InChI=1S/C15H21N5O/c1-4-5-12-19-14(16)10(2)15(20-12)18-9-11-6-7-13(21-3)17-8-11/h6-8H,4-5,9H2,1-3H3,(H3,16,18,19,20). The van der Waals surface area contributed by atoms with Gasteiger partial charge in [0.05, 0.1) is 7.11 Å². The average molecular weight is 287 g/mol. The summed E-state index contributed by atoms with van der Waals surface area (Å²) in [5, 5.41) is 3.29. The van der Waals surface area contributed by atoms with Crippen LogP contribution in [0.25, 0.3) is 0 Å². The molecule has 112 valence electrons. The zero-order valence-electron chi connectivity index (χ0n) is 12.7. The van der Waals surface area contributed by atoms with E-state index in [4.69, 9.17) is 10.5 Å². The van der Waals surface area contributed by atoms with Gasteiger partial charge in [0, 0.05) is 30.8 Å². The maximum absolute atomic E-state index is 5.94. The molecule has 0 radical (unpaired) electrons. The number of rotatable bonds is 6. The van der Waals surface area contributed by atoms with Crippen LogP contribution in [0.3, 0.4) is 0 Å². The molecule has 0 spiro atoms. The summed E-state index contributed by atoms with van der Waals surface area (Å²) in [5.74, 6) is 2.69. The van der Waals surface area contributed by atoms with Crippen molar-refractivity contribution in [1.82, 2.24) is 15.0 Å². The first-order chi connectivity index (χ1) is 10.1. The number of aryl methyl sites for hydroxylation is 1. The molecular formula is C15H21N5O. The van der Waals surface area contributed by atoms with E-state index in [0.29, 0.717) is 18.2 Å². The minimum Gasteiger partial charge on any atom is -0.481 e. The van der Waals surface area contributed by atoms with E-state index in [1.807, 2.05) is 19.1 Å². The molecule has 0 unspecified atom stereocenters. The van der Waals surface area contributed by atoms with Crippen molar-refractivity contribution in [2.45, 2.75) is 33.2 Å². The van der Waals surface area contributed by atoms with Crippen LogP contribution in [0.4, 0.5) is 11.6 Å². The van der Waals surface area contributed by atoms with Gasteiger partial charge in [0.15, 0.2) is 0 Å². The zero-order valence-corrected chi connectivity index (χ0v) is 12.7. The lowest BCUT2D eigenvalue weighted by Crippen LogP contribution is -2.09. The van der Waals surface area contributed by atoms with Crippen LogP contribution in [0.2, 0.25) is 0 Å². The molecule has 0 aliphatic heterocycles. The molecule has 0 amide bonds. The fourth-order valence-corrected chi connectivity index (χ4v) is 1.91. The van der Waals surface area contributed by atoms with Gasteiger partial charge >= 0.3 is 0 Å². The summed E-state index contributed by atoms with van der Waals surface area (Å²) in [4.78, 5) is 13.0. The van der Waals surface area contributed by atoms with Crippen molar-refractivity contribution in [3.8, 4) is 5.88 Å².